The van der Waals surface area contributed by atoms with Gasteiger partial charge >= 0.3 is 0 Å². The number of ether oxygens (including phenoxy) is 2. The molecule has 1 unspecified atom stereocenters. The predicted octanol–water partition coefficient (Wildman–Crippen LogP) is 3.71. The van der Waals surface area contributed by atoms with E-state index in [4.69, 9.17) is 9.47 Å². The minimum absolute atomic E-state index is 0.314. The fourth-order valence-electron chi connectivity index (χ4n) is 1.98. The van der Waals surface area contributed by atoms with Crippen molar-refractivity contribution < 1.29 is 9.47 Å². The van der Waals surface area contributed by atoms with Crippen molar-refractivity contribution in [3.05, 3.63) is 48.2 Å². The number of allylic oxidation sites excluding steroid dienone is 2. The van der Waals surface area contributed by atoms with Crippen molar-refractivity contribution in [2.75, 3.05) is 20.3 Å². The van der Waals surface area contributed by atoms with Crippen molar-refractivity contribution in [3.8, 4) is 5.75 Å². The van der Waals surface area contributed by atoms with E-state index in [9.17, 15) is 0 Å². The molecule has 1 aromatic carbocycles. The van der Waals surface area contributed by atoms with E-state index in [2.05, 4.69) is 46.0 Å². The molecular weight excluding hydrogens is 318 g/mol. The summed E-state index contributed by atoms with van der Waals surface area (Å²) < 4.78 is 10.6. The molecule has 1 heterocycles. The number of hydrogen-bond donors (Lipinski definition) is 1. The van der Waals surface area contributed by atoms with E-state index in [0.29, 0.717) is 11.4 Å². The maximum atomic E-state index is 5.64. The van der Waals surface area contributed by atoms with Gasteiger partial charge in [0.15, 0.2) is 0 Å². The Bertz CT molecular complexity index is 482. The van der Waals surface area contributed by atoms with Gasteiger partial charge in [0.05, 0.1) is 11.4 Å². The van der Waals surface area contributed by atoms with E-state index in [1.54, 1.807) is 7.11 Å². The van der Waals surface area contributed by atoms with Crippen LogP contribution in [0.5, 0.6) is 5.75 Å². The summed E-state index contributed by atoms with van der Waals surface area (Å²) in [5, 5.41) is 3.32. The monoisotopic (exact) mass is 337 g/mol. The van der Waals surface area contributed by atoms with Crippen LogP contribution in [0.1, 0.15) is 18.4 Å². The van der Waals surface area contributed by atoms with Crippen LogP contribution in [0.4, 0.5) is 0 Å². The standard InChI is InChI=1S/C16H20BrNO2/c1-12-15(17)8-9-16(18-12)13-4-6-14(7-5-13)20-11-3-10-19-2/h4-7,9,15,18H,1,3,8,10-11H2,2H3. The molecule has 0 aromatic heterocycles. The minimum Gasteiger partial charge on any atom is -0.494 e. The summed E-state index contributed by atoms with van der Waals surface area (Å²) in [4.78, 5) is 0.314. The Morgan fingerprint density at radius 3 is 2.70 bits per heavy atom. The first kappa shape index (κ1) is 15.1. The second-order valence-electron chi connectivity index (χ2n) is 4.69. The Morgan fingerprint density at radius 2 is 2.05 bits per heavy atom. The van der Waals surface area contributed by atoms with E-state index in [-0.39, 0.29) is 0 Å². The first-order valence-corrected chi connectivity index (χ1v) is 7.64. The van der Waals surface area contributed by atoms with Gasteiger partial charge in [-0.1, -0.05) is 28.6 Å². The molecule has 0 fully saturated rings. The number of nitrogens with one attached hydrogen (secondary N) is 1. The summed E-state index contributed by atoms with van der Waals surface area (Å²) >= 11 is 3.57. The smallest absolute Gasteiger partial charge is 0.119 e. The van der Waals surface area contributed by atoms with Crippen molar-refractivity contribution in [1.82, 2.24) is 5.32 Å². The molecule has 0 radical (unpaired) electrons. The maximum absolute atomic E-state index is 5.64. The molecule has 2 rings (SSSR count). The second kappa shape index (κ2) is 7.50. The first-order chi connectivity index (χ1) is 9.70. The zero-order valence-electron chi connectivity index (χ0n) is 11.7. The van der Waals surface area contributed by atoms with Gasteiger partial charge in [0, 0.05) is 31.5 Å². The zero-order chi connectivity index (χ0) is 14.4. The third-order valence-corrected chi connectivity index (χ3v) is 4.06. The molecule has 1 aliphatic rings. The molecule has 20 heavy (non-hydrogen) atoms. The van der Waals surface area contributed by atoms with Crippen LogP contribution >= 0.6 is 15.9 Å². The number of halogens is 1. The first-order valence-electron chi connectivity index (χ1n) is 6.73. The Hall–Kier alpha value is -1.26. The van der Waals surface area contributed by atoms with E-state index in [0.717, 1.165) is 42.2 Å². The second-order valence-corrected chi connectivity index (χ2v) is 5.80. The van der Waals surface area contributed by atoms with E-state index < -0.39 is 0 Å². The summed E-state index contributed by atoms with van der Waals surface area (Å²) in [6, 6.07) is 8.11. The highest BCUT2D eigenvalue weighted by Gasteiger charge is 2.15. The normalized spacial score (nSPS) is 18.4. The molecule has 0 spiro atoms. The van der Waals surface area contributed by atoms with Gasteiger partial charge in [-0.15, -0.1) is 0 Å². The van der Waals surface area contributed by atoms with Gasteiger partial charge < -0.3 is 14.8 Å². The van der Waals surface area contributed by atoms with Gasteiger partial charge in [-0.2, -0.15) is 0 Å². The van der Waals surface area contributed by atoms with Crippen molar-refractivity contribution in [2.24, 2.45) is 0 Å². The molecule has 108 valence electrons. The van der Waals surface area contributed by atoms with Crippen molar-refractivity contribution in [3.63, 3.8) is 0 Å². The molecule has 0 aliphatic carbocycles. The maximum Gasteiger partial charge on any atom is 0.119 e. The molecule has 0 amide bonds. The fraction of sp³-hybridized carbons (Fsp3) is 0.375. The number of methoxy groups -OCH3 is 1. The lowest BCUT2D eigenvalue weighted by molar-refractivity contribution is 0.172. The number of hydrogen-bond acceptors (Lipinski definition) is 3. The summed E-state index contributed by atoms with van der Waals surface area (Å²) in [5.74, 6) is 0.887. The van der Waals surface area contributed by atoms with Crippen LogP contribution < -0.4 is 10.1 Å². The van der Waals surface area contributed by atoms with Crippen LogP contribution in [0.25, 0.3) is 5.70 Å². The minimum atomic E-state index is 0.314. The van der Waals surface area contributed by atoms with Crippen LogP contribution in [0.15, 0.2) is 42.6 Å². The van der Waals surface area contributed by atoms with E-state index >= 15 is 0 Å². The van der Waals surface area contributed by atoms with Gasteiger partial charge in [0.25, 0.3) is 0 Å². The molecule has 4 heteroatoms. The van der Waals surface area contributed by atoms with Crippen LogP contribution in [0.3, 0.4) is 0 Å². The van der Waals surface area contributed by atoms with Gasteiger partial charge in [-0.05, 0) is 36.2 Å². The third-order valence-electron chi connectivity index (χ3n) is 3.13. The number of benzene rings is 1. The van der Waals surface area contributed by atoms with Gasteiger partial charge in [0.1, 0.15) is 5.75 Å². The average Bonchev–Trinajstić information content (AvgIpc) is 2.47. The predicted molar refractivity (Wildman–Crippen MR) is 86.0 cm³/mol. The highest BCUT2D eigenvalue weighted by molar-refractivity contribution is 9.09. The fourth-order valence-corrected chi connectivity index (χ4v) is 2.28. The molecule has 1 aliphatic heterocycles. The highest BCUT2D eigenvalue weighted by Crippen LogP contribution is 2.26. The molecule has 3 nitrogen and oxygen atoms in total. The van der Waals surface area contributed by atoms with E-state index in [1.165, 1.54) is 0 Å². The molecule has 0 saturated heterocycles. The lowest BCUT2D eigenvalue weighted by atomic mass is 10.1. The molecule has 1 aromatic rings. The van der Waals surface area contributed by atoms with Gasteiger partial charge in [-0.25, -0.2) is 0 Å². The van der Waals surface area contributed by atoms with Crippen molar-refractivity contribution in [1.29, 1.82) is 0 Å². The van der Waals surface area contributed by atoms with Crippen LogP contribution in [0, 0.1) is 0 Å². The summed E-state index contributed by atoms with van der Waals surface area (Å²) in [6.45, 7) is 5.41. The highest BCUT2D eigenvalue weighted by atomic mass is 79.9. The average molecular weight is 338 g/mol. The lowest BCUT2D eigenvalue weighted by Crippen LogP contribution is -2.22. The van der Waals surface area contributed by atoms with Crippen molar-refractivity contribution >= 4 is 21.6 Å². The van der Waals surface area contributed by atoms with E-state index in [1.807, 2.05) is 12.1 Å². The SMILES string of the molecule is C=C1NC(c2ccc(OCCCOC)cc2)=CCC1Br. The summed E-state index contributed by atoms with van der Waals surface area (Å²) in [5.41, 5.74) is 3.26. The quantitative estimate of drug-likeness (QED) is 0.634. The molecule has 0 bridgehead atoms. The molecule has 1 atom stereocenters. The molecule has 0 saturated carbocycles. The van der Waals surface area contributed by atoms with Gasteiger partial charge in [-0.3, -0.25) is 0 Å². The largest absolute Gasteiger partial charge is 0.494 e. The Balaban J connectivity index is 1.93. The van der Waals surface area contributed by atoms with Gasteiger partial charge in [0.2, 0.25) is 0 Å². The van der Waals surface area contributed by atoms with Crippen molar-refractivity contribution in [2.45, 2.75) is 17.7 Å². The zero-order valence-corrected chi connectivity index (χ0v) is 13.3. The molecule has 1 N–H and O–H groups in total. The van der Waals surface area contributed by atoms with Crippen LogP contribution in [0.2, 0.25) is 0 Å². The Kier molecular flexibility index (Phi) is 5.68. The topological polar surface area (TPSA) is 30.5 Å². The van der Waals surface area contributed by atoms with Crippen LogP contribution in [-0.4, -0.2) is 25.2 Å². The number of rotatable bonds is 6. The lowest BCUT2D eigenvalue weighted by Gasteiger charge is -2.22. The summed E-state index contributed by atoms with van der Waals surface area (Å²) in [6.07, 6.45) is 4.04. The van der Waals surface area contributed by atoms with Crippen LogP contribution in [-0.2, 0) is 4.74 Å². The Labute approximate surface area is 128 Å². The Morgan fingerprint density at radius 1 is 1.30 bits per heavy atom. The molecular formula is C16H20BrNO2. The number of alkyl halides is 1. The summed E-state index contributed by atoms with van der Waals surface area (Å²) in [7, 11) is 1.70. The third kappa shape index (κ3) is 4.12.